The second-order valence-electron chi connectivity index (χ2n) is 9.16. The summed E-state index contributed by atoms with van der Waals surface area (Å²) in [6.07, 6.45) is 6.97. The first-order chi connectivity index (χ1) is 14.4. The zero-order valence-electron chi connectivity index (χ0n) is 18.5. The van der Waals surface area contributed by atoms with Crippen molar-refractivity contribution in [1.82, 2.24) is 15.5 Å². The van der Waals surface area contributed by atoms with Crippen LogP contribution >= 0.6 is 11.8 Å². The Morgan fingerprint density at radius 2 is 1.93 bits per heavy atom. The Morgan fingerprint density at radius 1 is 1.17 bits per heavy atom. The van der Waals surface area contributed by atoms with Gasteiger partial charge in [-0.2, -0.15) is 0 Å². The van der Waals surface area contributed by atoms with Crippen LogP contribution in [-0.4, -0.2) is 70.0 Å². The lowest BCUT2D eigenvalue weighted by Crippen LogP contribution is -2.54. The highest BCUT2D eigenvalue weighted by Gasteiger charge is 2.76. The summed E-state index contributed by atoms with van der Waals surface area (Å²) in [5.74, 6) is -1.04. The van der Waals surface area contributed by atoms with Crippen LogP contribution in [0.4, 0.5) is 0 Å². The van der Waals surface area contributed by atoms with Crippen LogP contribution in [-0.2, 0) is 14.4 Å². The van der Waals surface area contributed by atoms with Gasteiger partial charge in [0.15, 0.2) is 0 Å². The van der Waals surface area contributed by atoms with Crippen molar-refractivity contribution in [2.45, 2.75) is 80.7 Å². The first-order valence-corrected chi connectivity index (χ1v) is 12.3. The van der Waals surface area contributed by atoms with E-state index in [1.807, 2.05) is 0 Å². The van der Waals surface area contributed by atoms with E-state index in [0.29, 0.717) is 19.5 Å². The number of carbonyl (C=O) groups is 3. The number of likely N-dealkylation sites (tertiary alicyclic amines) is 1. The van der Waals surface area contributed by atoms with E-state index < -0.39 is 22.6 Å². The third kappa shape index (κ3) is 3.85. The first-order valence-electron chi connectivity index (χ1n) is 11.5. The van der Waals surface area contributed by atoms with Crippen LogP contribution in [0.3, 0.4) is 0 Å². The maximum atomic E-state index is 13.6. The Morgan fingerprint density at radius 3 is 2.60 bits per heavy atom. The van der Waals surface area contributed by atoms with Crippen LogP contribution < -0.4 is 10.6 Å². The molecule has 0 aromatic heterocycles. The van der Waals surface area contributed by atoms with Gasteiger partial charge in [0.25, 0.3) is 0 Å². The molecule has 2 bridgehead atoms. The van der Waals surface area contributed by atoms with E-state index >= 15 is 0 Å². The third-order valence-electron chi connectivity index (χ3n) is 7.19. The number of nitrogens with zero attached hydrogens (tertiary/aromatic N) is 1. The predicted octanol–water partition coefficient (Wildman–Crippen LogP) is 1.68. The number of carbonyl (C=O) groups excluding carboxylic acids is 3. The second-order valence-corrected chi connectivity index (χ2v) is 11.1. The maximum absolute atomic E-state index is 13.6. The fraction of sp³-hybridized carbons (Fsp3) is 0.864. The number of hydrogen-bond acceptors (Lipinski definition) is 5. The van der Waals surface area contributed by atoms with Gasteiger partial charge in [-0.3, -0.25) is 14.4 Å². The van der Waals surface area contributed by atoms with Crippen LogP contribution in [0.15, 0.2) is 0 Å². The molecule has 5 atom stereocenters. The van der Waals surface area contributed by atoms with E-state index in [1.54, 1.807) is 23.7 Å². The molecule has 3 rings (SSSR count). The van der Waals surface area contributed by atoms with Crippen molar-refractivity contribution in [2.24, 2.45) is 11.8 Å². The molecule has 3 saturated heterocycles. The Labute approximate surface area is 184 Å². The predicted molar refractivity (Wildman–Crippen MR) is 118 cm³/mol. The molecule has 8 heteroatoms. The van der Waals surface area contributed by atoms with E-state index in [2.05, 4.69) is 24.5 Å². The van der Waals surface area contributed by atoms with E-state index in [9.17, 15) is 14.4 Å². The van der Waals surface area contributed by atoms with E-state index in [-0.39, 0.29) is 29.1 Å². The molecule has 3 aliphatic heterocycles. The molecule has 3 amide bonds. The van der Waals surface area contributed by atoms with E-state index in [0.717, 1.165) is 44.9 Å². The van der Waals surface area contributed by atoms with E-state index in [1.165, 1.54) is 0 Å². The maximum Gasteiger partial charge on any atom is 0.244 e. The minimum Gasteiger partial charge on any atom is -0.396 e. The zero-order chi connectivity index (χ0) is 21.9. The van der Waals surface area contributed by atoms with Crippen LogP contribution in [0.5, 0.6) is 0 Å². The van der Waals surface area contributed by atoms with Crippen molar-refractivity contribution in [3.05, 3.63) is 0 Å². The summed E-state index contributed by atoms with van der Waals surface area (Å²) in [5.41, 5.74) is 0. The number of hydrogen-bond donors (Lipinski definition) is 3. The molecule has 0 aromatic carbocycles. The Hall–Kier alpha value is -1.28. The number of aliphatic hydroxyl groups is 1. The van der Waals surface area contributed by atoms with Crippen molar-refractivity contribution in [3.63, 3.8) is 0 Å². The summed E-state index contributed by atoms with van der Waals surface area (Å²) in [7, 11) is 1.62. The zero-order valence-corrected chi connectivity index (χ0v) is 19.4. The van der Waals surface area contributed by atoms with Gasteiger partial charge in [-0.05, 0) is 45.4 Å². The third-order valence-corrected chi connectivity index (χ3v) is 9.18. The summed E-state index contributed by atoms with van der Waals surface area (Å²) in [6.45, 7) is 5.47. The van der Waals surface area contributed by atoms with Crippen molar-refractivity contribution < 1.29 is 19.5 Å². The van der Waals surface area contributed by atoms with Crippen molar-refractivity contribution >= 4 is 29.5 Å². The number of amides is 3. The smallest absolute Gasteiger partial charge is 0.244 e. The molecule has 3 aliphatic rings. The lowest BCUT2D eigenvalue weighted by Gasteiger charge is -2.34. The van der Waals surface area contributed by atoms with Gasteiger partial charge in [-0.15, -0.1) is 11.8 Å². The van der Waals surface area contributed by atoms with Gasteiger partial charge in [0.1, 0.15) is 6.04 Å². The molecule has 0 aliphatic carbocycles. The standard InChI is InChI=1S/C22H37N3O4S/c1-4-5-7-12-24-19(28)17-22-11-10-21(2,30-22)15(18(27)23-3)16(22)20(29)25(17)13-8-6-9-14-26/h15-17,26H,4-14H2,1-3H3,(H,23,27)(H,24,28)/t15-,16+,17?,21+,22?/m1/s1. The highest BCUT2D eigenvalue weighted by Crippen LogP contribution is 2.71. The molecule has 3 fully saturated rings. The highest BCUT2D eigenvalue weighted by molar-refractivity contribution is 8.02. The van der Waals surface area contributed by atoms with Gasteiger partial charge >= 0.3 is 0 Å². The van der Waals surface area contributed by atoms with Gasteiger partial charge in [0, 0.05) is 31.5 Å². The van der Waals surface area contributed by atoms with E-state index in [4.69, 9.17) is 5.11 Å². The number of unbranched alkanes of at least 4 members (excludes halogenated alkanes) is 4. The van der Waals surface area contributed by atoms with Crippen molar-refractivity contribution in [1.29, 1.82) is 0 Å². The Balaban J connectivity index is 1.87. The minimum atomic E-state index is -0.521. The SMILES string of the molecule is CCCCCNC(=O)C1N(CCCCCO)C(=O)[C@@H]2[C@H](C(=O)NC)[C@]3(C)CCC12S3. The highest BCUT2D eigenvalue weighted by atomic mass is 32.2. The van der Waals surface area contributed by atoms with Gasteiger partial charge in [-0.1, -0.05) is 19.8 Å². The number of rotatable bonds is 11. The molecule has 30 heavy (non-hydrogen) atoms. The normalized spacial score (nSPS) is 34.3. The molecule has 3 heterocycles. The van der Waals surface area contributed by atoms with Gasteiger partial charge in [0.2, 0.25) is 17.7 Å². The van der Waals surface area contributed by atoms with Crippen molar-refractivity contribution in [2.75, 3.05) is 26.7 Å². The summed E-state index contributed by atoms with van der Waals surface area (Å²) < 4.78 is -0.820. The summed E-state index contributed by atoms with van der Waals surface area (Å²) in [6, 6.07) is -0.521. The summed E-state index contributed by atoms with van der Waals surface area (Å²) in [5, 5.41) is 14.9. The van der Waals surface area contributed by atoms with Gasteiger partial charge < -0.3 is 20.6 Å². The first kappa shape index (κ1) is 23.4. The fourth-order valence-corrected chi connectivity index (χ4v) is 8.13. The lowest BCUT2D eigenvalue weighted by molar-refractivity contribution is -0.140. The summed E-state index contributed by atoms with van der Waals surface area (Å²) in [4.78, 5) is 41.5. The average Bonchev–Trinajstić information content (AvgIpc) is 3.29. The average molecular weight is 440 g/mol. The number of aliphatic hydroxyl groups excluding tert-OH is 1. The quantitative estimate of drug-likeness (QED) is 0.426. The molecule has 2 unspecified atom stereocenters. The van der Waals surface area contributed by atoms with Crippen LogP contribution in [0.1, 0.15) is 65.2 Å². The van der Waals surface area contributed by atoms with Crippen LogP contribution in [0.2, 0.25) is 0 Å². The molecule has 0 aromatic rings. The Bertz CT molecular complexity index is 675. The van der Waals surface area contributed by atoms with Crippen LogP contribution in [0, 0.1) is 11.8 Å². The molecule has 7 nitrogen and oxygen atoms in total. The fourth-order valence-electron chi connectivity index (χ4n) is 5.78. The monoisotopic (exact) mass is 439 g/mol. The molecular weight excluding hydrogens is 402 g/mol. The minimum absolute atomic E-state index is 0.0442. The molecular formula is C22H37N3O4S. The second kappa shape index (κ2) is 9.47. The number of nitrogens with one attached hydrogen (secondary N) is 2. The topological polar surface area (TPSA) is 98.7 Å². The Kier molecular flexibility index (Phi) is 7.38. The lowest BCUT2D eigenvalue weighted by atomic mass is 9.66. The van der Waals surface area contributed by atoms with Crippen LogP contribution in [0.25, 0.3) is 0 Å². The summed E-state index contributed by atoms with van der Waals surface area (Å²) >= 11 is 1.71. The number of thioether (sulfide) groups is 1. The molecule has 170 valence electrons. The molecule has 0 saturated carbocycles. The number of fused-ring (bicyclic) bond motifs is 1. The van der Waals surface area contributed by atoms with Gasteiger partial charge in [-0.25, -0.2) is 0 Å². The van der Waals surface area contributed by atoms with Gasteiger partial charge in [0.05, 0.1) is 16.6 Å². The molecule has 0 radical (unpaired) electrons. The van der Waals surface area contributed by atoms with Crippen molar-refractivity contribution in [3.8, 4) is 0 Å². The largest absolute Gasteiger partial charge is 0.396 e. The molecule has 1 spiro atoms. The molecule has 3 N–H and O–H groups in total.